The lowest BCUT2D eigenvalue weighted by atomic mass is 9.76. The number of hydrogen-bond acceptors (Lipinski definition) is 2. The van der Waals surface area contributed by atoms with Crippen molar-refractivity contribution in [1.82, 2.24) is 4.90 Å². The molecule has 0 saturated carbocycles. The summed E-state index contributed by atoms with van der Waals surface area (Å²) in [6, 6.07) is 6.40. The highest BCUT2D eigenvalue weighted by Gasteiger charge is 2.46. The van der Waals surface area contributed by atoms with Crippen molar-refractivity contribution in [3.63, 3.8) is 0 Å². The second-order valence-electron chi connectivity index (χ2n) is 5.70. The Bertz CT molecular complexity index is 458. The van der Waals surface area contributed by atoms with Crippen LogP contribution in [-0.2, 0) is 11.3 Å². The molecule has 0 aliphatic carbocycles. The lowest BCUT2D eigenvalue weighted by molar-refractivity contribution is -0.151. The number of nitrogens with zero attached hydrogens (tertiary/aromatic N) is 1. The Labute approximate surface area is 113 Å². The average molecular weight is 265 g/mol. The van der Waals surface area contributed by atoms with Crippen molar-refractivity contribution in [1.29, 1.82) is 0 Å². The zero-order valence-corrected chi connectivity index (χ0v) is 11.4. The summed E-state index contributed by atoms with van der Waals surface area (Å²) in [5, 5.41) is 9.48. The Morgan fingerprint density at radius 1 is 1.42 bits per heavy atom. The molecule has 1 saturated heterocycles. The molecule has 1 fully saturated rings. The number of benzene rings is 1. The van der Waals surface area contributed by atoms with Crippen molar-refractivity contribution in [2.45, 2.75) is 26.8 Å². The van der Waals surface area contributed by atoms with Crippen LogP contribution in [0.15, 0.2) is 24.3 Å². The minimum absolute atomic E-state index is 0.114. The summed E-state index contributed by atoms with van der Waals surface area (Å²) in [6.07, 6.45) is 0.682. The van der Waals surface area contributed by atoms with E-state index in [-0.39, 0.29) is 11.7 Å². The van der Waals surface area contributed by atoms with Crippen molar-refractivity contribution in [2.24, 2.45) is 11.3 Å². The van der Waals surface area contributed by atoms with Crippen LogP contribution < -0.4 is 0 Å². The Morgan fingerprint density at radius 3 is 2.53 bits per heavy atom. The molecular formula is C15H20FNO2. The van der Waals surface area contributed by atoms with E-state index < -0.39 is 11.4 Å². The van der Waals surface area contributed by atoms with Crippen molar-refractivity contribution in [2.75, 3.05) is 13.1 Å². The highest BCUT2D eigenvalue weighted by Crippen LogP contribution is 2.38. The largest absolute Gasteiger partial charge is 0.481 e. The first-order valence-corrected chi connectivity index (χ1v) is 6.64. The van der Waals surface area contributed by atoms with Gasteiger partial charge in [-0.1, -0.05) is 26.0 Å². The minimum atomic E-state index is -0.705. The molecule has 0 spiro atoms. The number of carbonyl (C=O) groups is 1. The van der Waals surface area contributed by atoms with Crippen LogP contribution in [0.5, 0.6) is 0 Å². The van der Waals surface area contributed by atoms with Crippen LogP contribution in [0.1, 0.15) is 25.8 Å². The first-order chi connectivity index (χ1) is 8.94. The van der Waals surface area contributed by atoms with Crippen LogP contribution in [0.4, 0.5) is 4.39 Å². The van der Waals surface area contributed by atoms with Crippen molar-refractivity contribution in [3.8, 4) is 0 Å². The Hall–Kier alpha value is -1.42. The lowest BCUT2D eigenvalue weighted by Crippen LogP contribution is -2.39. The molecule has 4 heteroatoms. The monoisotopic (exact) mass is 265 g/mol. The quantitative estimate of drug-likeness (QED) is 0.910. The predicted octanol–water partition coefficient (Wildman–Crippen LogP) is 2.76. The Balaban J connectivity index is 2.05. The number of likely N-dealkylation sites (tertiary alicyclic amines) is 1. The summed E-state index contributed by atoms with van der Waals surface area (Å²) in [4.78, 5) is 13.7. The van der Waals surface area contributed by atoms with Crippen molar-refractivity contribution in [3.05, 3.63) is 35.6 Å². The van der Waals surface area contributed by atoms with Gasteiger partial charge < -0.3 is 5.11 Å². The molecule has 3 nitrogen and oxygen atoms in total. The van der Waals surface area contributed by atoms with Gasteiger partial charge in [0.05, 0.1) is 5.41 Å². The highest BCUT2D eigenvalue weighted by atomic mass is 19.1. The minimum Gasteiger partial charge on any atom is -0.481 e. The van der Waals surface area contributed by atoms with Crippen LogP contribution in [0.25, 0.3) is 0 Å². The van der Waals surface area contributed by atoms with E-state index in [1.54, 1.807) is 12.1 Å². The maximum absolute atomic E-state index is 12.8. The number of carboxylic acids is 1. The molecule has 104 valence electrons. The van der Waals surface area contributed by atoms with Gasteiger partial charge in [0.1, 0.15) is 5.82 Å². The molecule has 1 aromatic rings. The van der Waals surface area contributed by atoms with Gasteiger partial charge in [-0.15, -0.1) is 0 Å². The van der Waals surface area contributed by atoms with Gasteiger partial charge in [0.15, 0.2) is 0 Å². The van der Waals surface area contributed by atoms with E-state index in [2.05, 4.69) is 4.90 Å². The van der Waals surface area contributed by atoms with Crippen LogP contribution in [-0.4, -0.2) is 29.1 Å². The first kappa shape index (κ1) is 14.0. The zero-order chi connectivity index (χ0) is 14.0. The van der Waals surface area contributed by atoms with Gasteiger partial charge in [-0.05, 0) is 36.6 Å². The summed E-state index contributed by atoms with van der Waals surface area (Å²) in [5.74, 6) is -0.834. The van der Waals surface area contributed by atoms with Crippen LogP contribution in [0.3, 0.4) is 0 Å². The molecule has 1 unspecified atom stereocenters. The third kappa shape index (κ3) is 2.78. The molecule has 0 bridgehead atoms. The average Bonchev–Trinajstić information content (AvgIpc) is 2.77. The second-order valence-corrected chi connectivity index (χ2v) is 5.70. The van der Waals surface area contributed by atoms with Gasteiger partial charge in [0.2, 0.25) is 0 Å². The maximum atomic E-state index is 12.8. The Kier molecular flexibility index (Phi) is 3.90. The van der Waals surface area contributed by atoms with Crippen LogP contribution in [0, 0.1) is 17.2 Å². The molecule has 1 heterocycles. The summed E-state index contributed by atoms with van der Waals surface area (Å²) in [6.45, 7) is 5.96. The number of rotatable bonds is 4. The maximum Gasteiger partial charge on any atom is 0.311 e. The number of carboxylic acid groups (broad SMARTS) is 1. The molecule has 1 atom stereocenters. The van der Waals surface area contributed by atoms with E-state index in [1.807, 2.05) is 13.8 Å². The molecule has 0 aromatic heterocycles. The molecule has 0 radical (unpaired) electrons. The van der Waals surface area contributed by atoms with Crippen molar-refractivity contribution < 1.29 is 14.3 Å². The van der Waals surface area contributed by atoms with Gasteiger partial charge in [0.25, 0.3) is 0 Å². The molecule has 1 aromatic carbocycles. The third-order valence-electron chi connectivity index (χ3n) is 4.23. The molecule has 19 heavy (non-hydrogen) atoms. The number of hydrogen-bond donors (Lipinski definition) is 1. The van der Waals surface area contributed by atoms with E-state index in [9.17, 15) is 14.3 Å². The fourth-order valence-electron chi connectivity index (χ4n) is 2.79. The van der Waals surface area contributed by atoms with Gasteiger partial charge >= 0.3 is 5.97 Å². The topological polar surface area (TPSA) is 40.5 Å². The normalized spacial score (nSPS) is 24.0. The smallest absolute Gasteiger partial charge is 0.311 e. The fourth-order valence-corrected chi connectivity index (χ4v) is 2.79. The van der Waals surface area contributed by atoms with E-state index in [0.29, 0.717) is 19.5 Å². The fraction of sp³-hybridized carbons (Fsp3) is 0.533. The molecular weight excluding hydrogens is 245 g/mol. The Morgan fingerprint density at radius 2 is 2.05 bits per heavy atom. The SMILES string of the molecule is CC(C)C1(C(=O)O)CCN(Cc2ccc(F)cc2)C1. The van der Waals surface area contributed by atoms with E-state index in [0.717, 1.165) is 12.1 Å². The zero-order valence-electron chi connectivity index (χ0n) is 11.4. The summed E-state index contributed by atoms with van der Waals surface area (Å²) >= 11 is 0. The number of halogens is 1. The van der Waals surface area contributed by atoms with Gasteiger partial charge in [0, 0.05) is 13.1 Å². The predicted molar refractivity (Wildman–Crippen MR) is 71.2 cm³/mol. The summed E-state index contributed by atoms with van der Waals surface area (Å²) in [7, 11) is 0. The van der Waals surface area contributed by atoms with Gasteiger partial charge in [-0.3, -0.25) is 9.69 Å². The molecule has 1 aliphatic rings. The first-order valence-electron chi connectivity index (χ1n) is 6.64. The standard InChI is InChI=1S/C15H20FNO2/c1-11(2)15(14(18)19)7-8-17(10-15)9-12-3-5-13(16)6-4-12/h3-6,11H,7-10H2,1-2H3,(H,18,19). The van der Waals surface area contributed by atoms with Crippen LogP contribution in [0.2, 0.25) is 0 Å². The van der Waals surface area contributed by atoms with Crippen molar-refractivity contribution >= 4 is 5.97 Å². The van der Waals surface area contributed by atoms with Crippen LogP contribution >= 0.6 is 0 Å². The highest BCUT2D eigenvalue weighted by molar-refractivity contribution is 5.75. The summed E-state index contributed by atoms with van der Waals surface area (Å²) in [5.41, 5.74) is 0.381. The van der Waals surface area contributed by atoms with E-state index in [1.165, 1.54) is 12.1 Å². The van der Waals surface area contributed by atoms with E-state index >= 15 is 0 Å². The third-order valence-corrected chi connectivity index (χ3v) is 4.23. The van der Waals surface area contributed by atoms with E-state index in [4.69, 9.17) is 0 Å². The summed E-state index contributed by atoms with van der Waals surface area (Å²) < 4.78 is 12.8. The molecule has 1 aliphatic heterocycles. The molecule has 0 amide bonds. The number of aliphatic carboxylic acids is 1. The van der Waals surface area contributed by atoms with Gasteiger partial charge in [-0.25, -0.2) is 4.39 Å². The molecule has 1 N–H and O–H groups in total. The van der Waals surface area contributed by atoms with Gasteiger partial charge in [-0.2, -0.15) is 0 Å². The lowest BCUT2D eigenvalue weighted by Gasteiger charge is -2.28. The second kappa shape index (κ2) is 5.29. The molecule has 2 rings (SSSR count).